The van der Waals surface area contributed by atoms with E-state index in [1.165, 1.54) is 0 Å². The number of aromatic nitrogens is 2. The lowest BCUT2D eigenvalue weighted by Gasteiger charge is -2.44. The van der Waals surface area contributed by atoms with Crippen LogP contribution < -0.4 is 5.32 Å². The second kappa shape index (κ2) is 5.85. The summed E-state index contributed by atoms with van der Waals surface area (Å²) >= 11 is 0. The van der Waals surface area contributed by atoms with Crippen LogP contribution in [-0.2, 0) is 10.2 Å². The summed E-state index contributed by atoms with van der Waals surface area (Å²) in [4.78, 5) is 12.1. The van der Waals surface area contributed by atoms with E-state index in [-0.39, 0.29) is 31.9 Å². The molecule has 0 bridgehead atoms. The quantitative estimate of drug-likeness (QED) is 0.736. The Bertz CT molecular complexity index is 765. The summed E-state index contributed by atoms with van der Waals surface area (Å²) in [7, 11) is 0. The van der Waals surface area contributed by atoms with Gasteiger partial charge in [-0.25, -0.2) is 27.0 Å². The lowest BCUT2D eigenvalue weighted by Crippen LogP contribution is -2.47. The second-order valence-electron chi connectivity index (χ2n) is 8.51. The van der Waals surface area contributed by atoms with Crippen LogP contribution in [0, 0.1) is 12.8 Å². The molecule has 3 aliphatic carbocycles. The highest BCUT2D eigenvalue weighted by atomic mass is 19.3. The number of anilines is 1. The van der Waals surface area contributed by atoms with Gasteiger partial charge in [0, 0.05) is 30.2 Å². The van der Waals surface area contributed by atoms with E-state index >= 15 is 0 Å². The molecule has 150 valence electrons. The van der Waals surface area contributed by atoms with Crippen LogP contribution in [0.5, 0.6) is 0 Å². The van der Waals surface area contributed by atoms with E-state index in [1.807, 2.05) is 0 Å². The van der Waals surface area contributed by atoms with Crippen LogP contribution >= 0.6 is 0 Å². The zero-order valence-electron chi connectivity index (χ0n) is 15.3. The Hall–Kier alpha value is -1.80. The van der Waals surface area contributed by atoms with E-state index in [4.69, 9.17) is 4.74 Å². The van der Waals surface area contributed by atoms with Crippen molar-refractivity contribution in [3.8, 4) is 0 Å². The van der Waals surface area contributed by atoms with Gasteiger partial charge < -0.3 is 4.74 Å². The molecule has 0 unspecified atom stereocenters. The molecule has 0 aromatic carbocycles. The molecule has 1 amide bonds. The number of nitrogens with one attached hydrogen (secondary N) is 1. The lowest BCUT2D eigenvalue weighted by molar-refractivity contribution is -0.122. The summed E-state index contributed by atoms with van der Waals surface area (Å²) < 4.78 is 59.4. The second-order valence-corrected chi connectivity index (χ2v) is 8.51. The van der Waals surface area contributed by atoms with E-state index in [2.05, 4.69) is 10.4 Å². The van der Waals surface area contributed by atoms with Crippen LogP contribution in [0.3, 0.4) is 0 Å². The maximum Gasteiger partial charge on any atom is 0.412 e. The first kappa shape index (κ1) is 18.6. The fourth-order valence-corrected chi connectivity index (χ4v) is 4.15. The summed E-state index contributed by atoms with van der Waals surface area (Å²) in [6.07, 6.45) is 1.19. The first-order valence-electron chi connectivity index (χ1n) is 9.30. The third kappa shape index (κ3) is 3.29. The number of hydrogen-bond donors (Lipinski definition) is 1. The highest BCUT2D eigenvalue weighted by molar-refractivity contribution is 5.84. The van der Waals surface area contributed by atoms with Gasteiger partial charge in [-0.1, -0.05) is 6.92 Å². The van der Waals surface area contributed by atoms with E-state index < -0.39 is 29.3 Å². The maximum atomic E-state index is 13.5. The van der Waals surface area contributed by atoms with Crippen molar-refractivity contribution >= 4 is 11.9 Å². The molecular formula is C18H23F4N3O2. The Balaban J connectivity index is 1.51. The fraction of sp³-hybridized carbons (Fsp3) is 0.778. The molecule has 3 fully saturated rings. The van der Waals surface area contributed by atoms with Crippen LogP contribution in [0.25, 0.3) is 0 Å². The highest BCUT2D eigenvalue weighted by Crippen LogP contribution is 2.54. The number of hydrogen-bond acceptors (Lipinski definition) is 3. The zero-order chi connectivity index (χ0) is 19.6. The Morgan fingerprint density at radius 3 is 2.41 bits per heavy atom. The minimum atomic E-state index is -2.75. The molecule has 0 aliphatic heterocycles. The summed E-state index contributed by atoms with van der Waals surface area (Å²) in [6.45, 7) is 3.15. The molecule has 0 saturated heterocycles. The van der Waals surface area contributed by atoms with E-state index in [1.54, 1.807) is 18.5 Å². The van der Waals surface area contributed by atoms with Crippen LogP contribution in [0.1, 0.15) is 62.7 Å². The monoisotopic (exact) mass is 389 g/mol. The van der Waals surface area contributed by atoms with Gasteiger partial charge in [-0.3, -0.25) is 5.32 Å². The van der Waals surface area contributed by atoms with Gasteiger partial charge in [-0.05, 0) is 26.2 Å². The Morgan fingerprint density at radius 2 is 1.93 bits per heavy atom. The summed E-state index contributed by atoms with van der Waals surface area (Å²) in [5.74, 6) is -5.95. The third-order valence-electron chi connectivity index (χ3n) is 6.03. The summed E-state index contributed by atoms with van der Waals surface area (Å²) in [5, 5.41) is 7.17. The Labute approximate surface area is 154 Å². The van der Waals surface area contributed by atoms with Gasteiger partial charge >= 0.3 is 6.09 Å². The number of carbonyl (C=O) groups is 1. The normalized spacial score (nSPS) is 27.4. The molecule has 1 aromatic heterocycles. The predicted molar refractivity (Wildman–Crippen MR) is 89.4 cm³/mol. The van der Waals surface area contributed by atoms with Gasteiger partial charge in [0.25, 0.3) is 5.92 Å². The number of carbonyl (C=O) groups excluding carboxylic acids is 1. The van der Waals surface area contributed by atoms with Gasteiger partial charge in [0.2, 0.25) is 5.92 Å². The topological polar surface area (TPSA) is 56.2 Å². The van der Waals surface area contributed by atoms with E-state index in [0.29, 0.717) is 17.1 Å². The molecule has 1 N–H and O–H groups in total. The van der Waals surface area contributed by atoms with Gasteiger partial charge in [-0.2, -0.15) is 5.10 Å². The molecule has 1 atom stereocenters. The molecule has 9 heteroatoms. The van der Waals surface area contributed by atoms with Gasteiger partial charge in [0.15, 0.2) is 0 Å². The van der Waals surface area contributed by atoms with Crippen molar-refractivity contribution in [2.45, 2.75) is 75.7 Å². The number of halogens is 4. The smallest absolute Gasteiger partial charge is 0.412 e. The van der Waals surface area contributed by atoms with Crippen molar-refractivity contribution < 1.29 is 27.1 Å². The number of ether oxygens (including phenoxy) is 1. The molecule has 1 heterocycles. The number of amides is 1. The van der Waals surface area contributed by atoms with Crippen LogP contribution in [0.2, 0.25) is 0 Å². The van der Waals surface area contributed by atoms with Crippen molar-refractivity contribution in [3.63, 3.8) is 0 Å². The average Bonchev–Trinajstić information content (AvgIpc) is 2.97. The van der Waals surface area contributed by atoms with Gasteiger partial charge in [-0.15, -0.1) is 0 Å². The molecule has 5 nitrogen and oxygen atoms in total. The molecule has 4 rings (SSSR count). The minimum absolute atomic E-state index is 0.102. The molecule has 3 saturated carbocycles. The van der Waals surface area contributed by atoms with Crippen molar-refractivity contribution in [1.82, 2.24) is 9.78 Å². The minimum Gasteiger partial charge on any atom is -0.449 e. The zero-order valence-corrected chi connectivity index (χ0v) is 15.3. The van der Waals surface area contributed by atoms with Crippen LogP contribution in [0.4, 0.5) is 28.2 Å². The predicted octanol–water partition coefficient (Wildman–Crippen LogP) is 4.81. The number of alkyl halides is 4. The fourth-order valence-electron chi connectivity index (χ4n) is 4.15. The highest BCUT2D eigenvalue weighted by Gasteiger charge is 2.58. The first-order valence-corrected chi connectivity index (χ1v) is 9.30. The van der Waals surface area contributed by atoms with Crippen molar-refractivity contribution in [3.05, 3.63) is 11.3 Å². The largest absolute Gasteiger partial charge is 0.449 e. The van der Waals surface area contributed by atoms with Gasteiger partial charge in [0.05, 0.1) is 17.7 Å². The summed E-state index contributed by atoms with van der Waals surface area (Å²) in [6, 6.07) is 0.102. The first-order chi connectivity index (χ1) is 12.5. The Morgan fingerprint density at radius 1 is 1.30 bits per heavy atom. The summed E-state index contributed by atoms with van der Waals surface area (Å²) in [5.41, 5.74) is 0.455. The Kier molecular flexibility index (Phi) is 4.02. The molecule has 1 aromatic rings. The third-order valence-corrected chi connectivity index (χ3v) is 6.03. The molecule has 3 aliphatic rings. The van der Waals surface area contributed by atoms with Crippen molar-refractivity contribution in [2.75, 3.05) is 11.9 Å². The van der Waals surface area contributed by atoms with Gasteiger partial charge in [0.1, 0.15) is 12.4 Å². The SMILES string of the molecule is Cc1c(C2(C)CC(F)(F)C2)nn(C2CCC2)c1NC(=O)OC[C@@H]1CC1(F)F. The van der Waals surface area contributed by atoms with E-state index in [0.717, 1.165) is 19.3 Å². The van der Waals surface area contributed by atoms with Crippen LogP contribution in [0.15, 0.2) is 0 Å². The van der Waals surface area contributed by atoms with Crippen molar-refractivity contribution in [1.29, 1.82) is 0 Å². The molecule has 0 radical (unpaired) electrons. The standard InChI is InChI=1S/C18H23F4N3O2/c1-10-13(16(2)8-17(19,20)9-16)24-25(12-4-3-5-12)14(10)23-15(26)27-7-11-6-18(11,21)22/h11-12H,3-9H2,1-2H3,(H,23,26)/t11-/m0/s1. The van der Waals surface area contributed by atoms with Crippen LogP contribution in [-0.4, -0.2) is 34.3 Å². The number of nitrogens with zero attached hydrogens (tertiary/aromatic N) is 2. The van der Waals surface area contributed by atoms with Crippen molar-refractivity contribution in [2.24, 2.45) is 5.92 Å². The molecule has 27 heavy (non-hydrogen) atoms. The molecular weight excluding hydrogens is 366 g/mol. The number of rotatable bonds is 5. The lowest BCUT2D eigenvalue weighted by atomic mass is 9.65. The maximum absolute atomic E-state index is 13.5. The van der Waals surface area contributed by atoms with E-state index in [9.17, 15) is 22.4 Å². The molecule has 0 spiro atoms. The average molecular weight is 389 g/mol.